The fourth-order valence-corrected chi connectivity index (χ4v) is 5.59. The molecule has 2 aliphatic heterocycles. The van der Waals surface area contributed by atoms with Gasteiger partial charge in [-0.1, -0.05) is 12.1 Å². The van der Waals surface area contributed by atoms with Gasteiger partial charge in [-0.05, 0) is 42.8 Å². The highest BCUT2D eigenvalue weighted by Gasteiger charge is 2.26. The second-order valence-electron chi connectivity index (χ2n) is 8.05. The molecule has 0 saturated carbocycles. The molecule has 0 bridgehead atoms. The van der Waals surface area contributed by atoms with Crippen LogP contribution in [0.5, 0.6) is 0 Å². The van der Waals surface area contributed by atoms with Crippen LogP contribution in [0.25, 0.3) is 0 Å². The van der Waals surface area contributed by atoms with Crippen molar-refractivity contribution in [3.8, 4) is 0 Å². The van der Waals surface area contributed by atoms with Gasteiger partial charge in [-0.3, -0.25) is 19.4 Å². The summed E-state index contributed by atoms with van der Waals surface area (Å²) in [5.41, 5.74) is 0. The molecule has 2 aromatic heterocycles. The van der Waals surface area contributed by atoms with Crippen LogP contribution in [0.15, 0.2) is 35.0 Å². The third-order valence-electron chi connectivity index (χ3n) is 6.21. The Morgan fingerprint density at radius 1 is 0.833 bits per heavy atom. The highest BCUT2D eigenvalue weighted by Crippen LogP contribution is 2.17. The smallest absolute Gasteiger partial charge is 0.264 e. The molecule has 6 nitrogen and oxygen atoms in total. The second-order valence-corrected chi connectivity index (χ2v) is 9.95. The molecular weight excluding hydrogens is 416 g/mol. The molecular formula is C22H30N4O2S2. The first-order chi connectivity index (χ1) is 14.6. The molecule has 2 fully saturated rings. The van der Waals surface area contributed by atoms with E-state index in [1.54, 1.807) is 0 Å². The van der Waals surface area contributed by atoms with Crippen molar-refractivity contribution in [3.05, 3.63) is 44.8 Å². The summed E-state index contributed by atoms with van der Waals surface area (Å²) in [7, 11) is 0. The Kier molecular flexibility index (Phi) is 7.20. The molecule has 4 heterocycles. The average Bonchev–Trinajstić information content (AvgIpc) is 3.51. The van der Waals surface area contributed by atoms with Crippen molar-refractivity contribution in [2.75, 3.05) is 58.9 Å². The lowest BCUT2D eigenvalue weighted by Crippen LogP contribution is -2.52. The number of nitrogens with zero attached hydrogens (tertiary/aromatic N) is 4. The van der Waals surface area contributed by atoms with Crippen molar-refractivity contribution in [1.82, 2.24) is 19.6 Å². The van der Waals surface area contributed by atoms with E-state index in [1.807, 2.05) is 44.8 Å². The molecule has 8 heteroatoms. The van der Waals surface area contributed by atoms with E-state index < -0.39 is 0 Å². The van der Waals surface area contributed by atoms with Gasteiger partial charge in [0.25, 0.3) is 11.8 Å². The molecule has 1 unspecified atom stereocenters. The zero-order chi connectivity index (χ0) is 20.9. The standard InChI is InChI=1S/C22H30N4O2S2/c1-18(24-12-14-26(15-13-24)22(28)20-5-3-17-30-20)6-7-23-8-10-25(11-9-23)21(27)19-4-2-16-29-19/h2-5,16-18H,6-15H2,1H3. The van der Waals surface area contributed by atoms with Crippen LogP contribution < -0.4 is 0 Å². The van der Waals surface area contributed by atoms with Gasteiger partial charge >= 0.3 is 0 Å². The number of hydrogen-bond acceptors (Lipinski definition) is 6. The molecule has 0 N–H and O–H groups in total. The van der Waals surface area contributed by atoms with Crippen LogP contribution in [-0.4, -0.2) is 96.4 Å². The maximum absolute atomic E-state index is 12.5. The van der Waals surface area contributed by atoms with Crippen LogP contribution in [0.1, 0.15) is 32.7 Å². The Labute approximate surface area is 186 Å². The lowest BCUT2D eigenvalue weighted by atomic mass is 10.1. The van der Waals surface area contributed by atoms with Gasteiger partial charge in [-0.15, -0.1) is 22.7 Å². The number of piperazine rings is 2. The van der Waals surface area contributed by atoms with Crippen LogP contribution in [0, 0.1) is 0 Å². The van der Waals surface area contributed by atoms with Crippen molar-refractivity contribution in [1.29, 1.82) is 0 Å². The van der Waals surface area contributed by atoms with Crippen LogP contribution in [0.3, 0.4) is 0 Å². The van der Waals surface area contributed by atoms with E-state index in [2.05, 4.69) is 16.7 Å². The van der Waals surface area contributed by atoms with Crippen molar-refractivity contribution >= 4 is 34.5 Å². The third kappa shape index (κ3) is 5.11. The zero-order valence-corrected chi connectivity index (χ0v) is 19.2. The summed E-state index contributed by atoms with van der Waals surface area (Å²) in [5, 5.41) is 3.92. The van der Waals surface area contributed by atoms with Gasteiger partial charge in [-0.25, -0.2) is 0 Å². The summed E-state index contributed by atoms with van der Waals surface area (Å²) in [6.07, 6.45) is 1.12. The van der Waals surface area contributed by atoms with Crippen molar-refractivity contribution in [3.63, 3.8) is 0 Å². The zero-order valence-electron chi connectivity index (χ0n) is 17.5. The molecule has 2 aromatic rings. The number of hydrogen-bond donors (Lipinski definition) is 0. The minimum atomic E-state index is 0.173. The molecule has 0 aromatic carbocycles. The van der Waals surface area contributed by atoms with Crippen molar-refractivity contribution in [2.45, 2.75) is 19.4 Å². The molecule has 2 saturated heterocycles. The Bertz CT molecular complexity index is 808. The molecule has 4 rings (SSSR count). The predicted octanol–water partition coefficient (Wildman–Crippen LogP) is 2.80. The minimum absolute atomic E-state index is 0.173. The quantitative estimate of drug-likeness (QED) is 0.685. The molecule has 2 aliphatic rings. The molecule has 162 valence electrons. The van der Waals surface area contributed by atoms with Crippen LogP contribution in [0.4, 0.5) is 0 Å². The third-order valence-corrected chi connectivity index (χ3v) is 7.93. The molecule has 30 heavy (non-hydrogen) atoms. The Morgan fingerprint density at radius 3 is 1.80 bits per heavy atom. The van der Waals surface area contributed by atoms with Gasteiger partial charge in [-0.2, -0.15) is 0 Å². The first-order valence-electron chi connectivity index (χ1n) is 10.7. The fourth-order valence-electron chi connectivity index (χ4n) is 4.20. The Balaban J connectivity index is 1.16. The maximum atomic E-state index is 12.5. The normalized spacial score (nSPS) is 19.8. The maximum Gasteiger partial charge on any atom is 0.264 e. The van der Waals surface area contributed by atoms with Gasteiger partial charge in [0.15, 0.2) is 0 Å². The van der Waals surface area contributed by atoms with E-state index in [-0.39, 0.29) is 11.8 Å². The summed E-state index contributed by atoms with van der Waals surface area (Å²) in [6, 6.07) is 8.21. The van der Waals surface area contributed by atoms with Crippen molar-refractivity contribution in [2.24, 2.45) is 0 Å². The second kappa shape index (κ2) is 10.0. The summed E-state index contributed by atoms with van der Waals surface area (Å²) in [4.78, 5) is 35.6. The highest BCUT2D eigenvalue weighted by atomic mass is 32.1. The van der Waals surface area contributed by atoms with E-state index in [0.29, 0.717) is 6.04 Å². The summed E-state index contributed by atoms with van der Waals surface area (Å²) < 4.78 is 0. The predicted molar refractivity (Wildman–Crippen MR) is 123 cm³/mol. The lowest BCUT2D eigenvalue weighted by Gasteiger charge is -2.39. The van der Waals surface area contributed by atoms with Gasteiger partial charge in [0.05, 0.1) is 9.75 Å². The summed E-state index contributed by atoms with van der Waals surface area (Å²) in [5.74, 6) is 0.347. The van der Waals surface area contributed by atoms with E-state index in [4.69, 9.17) is 0 Å². The van der Waals surface area contributed by atoms with Gasteiger partial charge in [0.2, 0.25) is 0 Å². The minimum Gasteiger partial charge on any atom is -0.335 e. The molecule has 2 amide bonds. The fraction of sp³-hybridized carbons (Fsp3) is 0.545. The topological polar surface area (TPSA) is 47.1 Å². The van der Waals surface area contributed by atoms with E-state index in [0.717, 1.165) is 75.1 Å². The van der Waals surface area contributed by atoms with Crippen LogP contribution in [-0.2, 0) is 0 Å². The molecule has 0 spiro atoms. The van der Waals surface area contributed by atoms with Gasteiger partial charge < -0.3 is 9.80 Å². The van der Waals surface area contributed by atoms with Gasteiger partial charge in [0, 0.05) is 58.4 Å². The number of rotatable bonds is 6. The molecule has 0 aliphatic carbocycles. The summed E-state index contributed by atoms with van der Waals surface area (Å²) in [6.45, 7) is 10.4. The van der Waals surface area contributed by atoms with E-state index in [1.165, 1.54) is 22.7 Å². The van der Waals surface area contributed by atoms with Crippen molar-refractivity contribution < 1.29 is 9.59 Å². The Hall–Kier alpha value is -1.74. The van der Waals surface area contributed by atoms with Crippen LogP contribution in [0.2, 0.25) is 0 Å². The number of carbonyl (C=O) groups is 2. The largest absolute Gasteiger partial charge is 0.335 e. The number of amides is 2. The molecule has 0 radical (unpaired) electrons. The van der Waals surface area contributed by atoms with Crippen LogP contribution >= 0.6 is 22.7 Å². The highest BCUT2D eigenvalue weighted by molar-refractivity contribution is 7.12. The van der Waals surface area contributed by atoms with Gasteiger partial charge in [0.1, 0.15) is 0 Å². The Morgan fingerprint density at radius 2 is 1.33 bits per heavy atom. The number of carbonyl (C=O) groups excluding carboxylic acids is 2. The summed E-state index contributed by atoms with van der Waals surface area (Å²) >= 11 is 3.04. The first-order valence-corrected chi connectivity index (χ1v) is 12.5. The first kappa shape index (κ1) is 21.5. The SMILES string of the molecule is CC(CCN1CCN(C(=O)c2cccs2)CC1)N1CCN(C(=O)c2cccs2)CC1. The van der Waals surface area contributed by atoms with E-state index >= 15 is 0 Å². The number of thiophene rings is 2. The average molecular weight is 447 g/mol. The lowest BCUT2D eigenvalue weighted by molar-refractivity contribution is 0.0541. The molecule has 1 atom stereocenters. The van der Waals surface area contributed by atoms with E-state index in [9.17, 15) is 9.59 Å². The monoisotopic (exact) mass is 446 g/mol.